The Bertz CT molecular complexity index is 896. The number of ether oxygens (including phenoxy) is 1. The van der Waals surface area contributed by atoms with Crippen LogP contribution in [0, 0.1) is 10.5 Å². The summed E-state index contributed by atoms with van der Waals surface area (Å²) in [5.74, 6) is -1.06. The number of thiocarbonyl (C=S) groups is 1. The fourth-order valence-corrected chi connectivity index (χ4v) is 4.95. The second-order valence-electron chi connectivity index (χ2n) is 9.33. The molecule has 0 bridgehead atoms. The van der Waals surface area contributed by atoms with Crippen LogP contribution < -0.4 is 10.6 Å². The molecule has 0 saturated carbocycles. The highest BCUT2D eigenvalue weighted by Gasteiger charge is 2.34. The number of aryl methyl sites for hydroxylation is 1. The lowest BCUT2D eigenvalue weighted by Gasteiger charge is -2.36. The Labute approximate surface area is 234 Å². The van der Waals surface area contributed by atoms with E-state index in [2.05, 4.69) is 40.1 Å². The van der Waals surface area contributed by atoms with E-state index in [4.69, 9.17) is 17.0 Å². The molecule has 36 heavy (non-hydrogen) atoms. The molecule has 1 fully saturated rings. The van der Waals surface area contributed by atoms with Crippen LogP contribution in [-0.2, 0) is 14.3 Å². The van der Waals surface area contributed by atoms with Gasteiger partial charge in [-0.25, -0.2) is 0 Å². The lowest BCUT2D eigenvalue weighted by Crippen LogP contribution is -2.60. The van der Waals surface area contributed by atoms with Gasteiger partial charge in [-0.2, -0.15) is 0 Å². The number of halogens is 1. The molecule has 200 valence electrons. The normalized spacial score (nSPS) is 15.4. The zero-order valence-electron chi connectivity index (χ0n) is 21.6. The van der Waals surface area contributed by atoms with Crippen molar-refractivity contribution in [3.8, 4) is 0 Å². The van der Waals surface area contributed by atoms with E-state index in [1.54, 1.807) is 17.0 Å². The van der Waals surface area contributed by atoms with Crippen LogP contribution in [0.5, 0.6) is 0 Å². The molecule has 1 atom stereocenters. The van der Waals surface area contributed by atoms with Gasteiger partial charge in [0.2, 0.25) is 5.91 Å². The average Bonchev–Trinajstić information content (AvgIpc) is 2.85. The fourth-order valence-electron chi connectivity index (χ4n) is 4.13. The predicted molar refractivity (Wildman–Crippen MR) is 155 cm³/mol. The summed E-state index contributed by atoms with van der Waals surface area (Å²) in [6, 6.07) is 4.60. The topological polar surface area (TPSA) is 87.7 Å². The Morgan fingerprint density at radius 1 is 1.11 bits per heavy atom. The summed E-state index contributed by atoms with van der Waals surface area (Å²) in [6.07, 6.45) is 12.0. The number of amides is 2. The highest BCUT2D eigenvalue weighted by Crippen LogP contribution is 2.15. The number of piperazine rings is 1. The third kappa shape index (κ3) is 10.7. The maximum absolute atomic E-state index is 12.7. The predicted octanol–water partition coefficient (Wildman–Crippen LogP) is 5.27. The van der Waals surface area contributed by atoms with Crippen molar-refractivity contribution in [3.05, 3.63) is 32.9 Å². The van der Waals surface area contributed by atoms with Gasteiger partial charge in [0, 0.05) is 22.2 Å². The summed E-state index contributed by atoms with van der Waals surface area (Å²) in [7, 11) is 0. The van der Waals surface area contributed by atoms with Crippen molar-refractivity contribution in [2.24, 2.45) is 0 Å². The van der Waals surface area contributed by atoms with Gasteiger partial charge in [-0.05, 0) is 65.8 Å². The summed E-state index contributed by atoms with van der Waals surface area (Å²) in [5, 5.41) is 5.62. The van der Waals surface area contributed by atoms with Crippen molar-refractivity contribution in [2.45, 2.75) is 90.5 Å². The largest absolute Gasteiger partial charge is 0.466 e. The van der Waals surface area contributed by atoms with Crippen molar-refractivity contribution in [3.63, 3.8) is 0 Å². The van der Waals surface area contributed by atoms with Crippen LogP contribution in [0.1, 0.15) is 93.5 Å². The lowest BCUT2D eigenvalue weighted by atomic mass is 10.1. The molecule has 7 nitrogen and oxygen atoms in total. The number of nitrogens with zero attached hydrogens (tertiary/aromatic N) is 1. The van der Waals surface area contributed by atoms with Crippen LogP contribution in [0.4, 0.5) is 0 Å². The highest BCUT2D eigenvalue weighted by molar-refractivity contribution is 14.1. The van der Waals surface area contributed by atoms with Gasteiger partial charge in [0.15, 0.2) is 5.11 Å². The molecule has 1 heterocycles. The van der Waals surface area contributed by atoms with Gasteiger partial charge in [0.25, 0.3) is 5.91 Å². The van der Waals surface area contributed by atoms with Crippen molar-refractivity contribution >= 4 is 57.7 Å². The van der Waals surface area contributed by atoms with E-state index in [1.807, 2.05) is 13.0 Å². The van der Waals surface area contributed by atoms with Gasteiger partial charge in [-0.1, -0.05) is 70.8 Å². The Balaban J connectivity index is 1.73. The van der Waals surface area contributed by atoms with E-state index in [1.165, 1.54) is 44.9 Å². The van der Waals surface area contributed by atoms with Gasteiger partial charge in [0.05, 0.1) is 13.0 Å². The van der Waals surface area contributed by atoms with Gasteiger partial charge >= 0.3 is 5.97 Å². The molecule has 1 aliphatic rings. The van der Waals surface area contributed by atoms with Crippen molar-refractivity contribution in [1.29, 1.82) is 0 Å². The van der Waals surface area contributed by atoms with Gasteiger partial charge < -0.3 is 15.0 Å². The van der Waals surface area contributed by atoms with Gasteiger partial charge in [0.1, 0.15) is 6.04 Å². The number of hydrogen-bond acceptors (Lipinski definition) is 5. The summed E-state index contributed by atoms with van der Waals surface area (Å²) >= 11 is 7.62. The number of benzene rings is 1. The van der Waals surface area contributed by atoms with Crippen LogP contribution in [0.3, 0.4) is 0 Å². The SMILES string of the molecule is CCCCCCCCCCCCOC(=O)CC1C(=O)NCCN1C(=S)NC(=O)c1ccc(C)c(I)c1. The Morgan fingerprint density at radius 3 is 2.39 bits per heavy atom. The molecule has 0 aromatic heterocycles. The van der Waals surface area contributed by atoms with E-state index in [-0.39, 0.29) is 23.3 Å². The van der Waals surface area contributed by atoms with E-state index in [9.17, 15) is 14.4 Å². The fraction of sp³-hybridized carbons (Fsp3) is 0.630. The molecule has 2 N–H and O–H groups in total. The minimum Gasteiger partial charge on any atom is -0.466 e. The smallest absolute Gasteiger partial charge is 0.308 e. The van der Waals surface area contributed by atoms with Crippen LogP contribution in [-0.4, -0.2) is 53.5 Å². The second kappa shape index (κ2) is 16.9. The van der Waals surface area contributed by atoms with E-state index in [0.29, 0.717) is 25.3 Å². The molecule has 1 aliphatic heterocycles. The first-order valence-corrected chi connectivity index (χ1v) is 14.6. The van der Waals surface area contributed by atoms with Crippen LogP contribution in [0.2, 0.25) is 0 Å². The third-order valence-corrected chi connectivity index (χ3v) is 7.87. The molecule has 1 unspecified atom stereocenters. The summed E-state index contributed by atoms with van der Waals surface area (Å²) in [6.45, 7) is 5.36. The first-order chi connectivity index (χ1) is 17.3. The molecule has 1 saturated heterocycles. The Kier molecular flexibility index (Phi) is 14.3. The molecule has 1 aromatic carbocycles. The third-order valence-electron chi connectivity index (χ3n) is 6.37. The minimum absolute atomic E-state index is 0.109. The van der Waals surface area contributed by atoms with Crippen LogP contribution >= 0.6 is 34.8 Å². The molecular formula is C27H40IN3O4S. The zero-order chi connectivity index (χ0) is 26.3. The summed E-state index contributed by atoms with van der Waals surface area (Å²) in [4.78, 5) is 39.2. The van der Waals surface area contributed by atoms with Gasteiger partial charge in [-0.15, -0.1) is 0 Å². The number of unbranched alkanes of at least 4 members (excludes halogenated alkanes) is 9. The number of carbonyl (C=O) groups excluding carboxylic acids is 3. The number of rotatable bonds is 14. The Hall–Kier alpha value is -1.75. The zero-order valence-corrected chi connectivity index (χ0v) is 24.5. The molecule has 0 aliphatic carbocycles. The average molecular weight is 630 g/mol. The number of nitrogens with one attached hydrogen (secondary N) is 2. The summed E-state index contributed by atoms with van der Waals surface area (Å²) < 4.78 is 6.37. The number of hydrogen-bond donors (Lipinski definition) is 2. The molecule has 0 spiro atoms. The van der Waals surface area contributed by atoms with E-state index in [0.717, 1.165) is 28.4 Å². The molecular weight excluding hydrogens is 589 g/mol. The maximum Gasteiger partial charge on any atom is 0.308 e. The minimum atomic E-state index is -0.801. The molecule has 1 aromatic rings. The monoisotopic (exact) mass is 629 g/mol. The number of carbonyl (C=O) groups is 3. The van der Waals surface area contributed by atoms with Crippen LogP contribution in [0.25, 0.3) is 0 Å². The quantitative estimate of drug-likeness (QED) is 0.126. The standard InChI is InChI=1S/C27H40IN3O4S/c1-3-4-5-6-7-8-9-10-11-12-17-35-24(32)19-23-26(34)29-15-16-31(23)27(36)30-25(33)21-14-13-20(2)22(28)18-21/h13-14,18,23H,3-12,15-17,19H2,1-2H3,(H,29,34)(H,30,33,36). The van der Waals surface area contributed by atoms with Crippen molar-refractivity contribution in [2.75, 3.05) is 19.7 Å². The van der Waals surface area contributed by atoms with Crippen molar-refractivity contribution < 1.29 is 19.1 Å². The molecule has 0 radical (unpaired) electrons. The maximum atomic E-state index is 12.7. The highest BCUT2D eigenvalue weighted by atomic mass is 127. The van der Waals surface area contributed by atoms with E-state index < -0.39 is 12.0 Å². The van der Waals surface area contributed by atoms with E-state index >= 15 is 0 Å². The lowest BCUT2D eigenvalue weighted by molar-refractivity contribution is -0.147. The van der Waals surface area contributed by atoms with Crippen molar-refractivity contribution in [1.82, 2.24) is 15.5 Å². The molecule has 2 rings (SSSR count). The number of esters is 1. The first kappa shape index (κ1) is 30.5. The Morgan fingerprint density at radius 2 is 1.75 bits per heavy atom. The van der Waals surface area contributed by atoms with Gasteiger partial charge in [-0.3, -0.25) is 19.7 Å². The molecule has 2 amide bonds. The second-order valence-corrected chi connectivity index (χ2v) is 10.9. The first-order valence-electron chi connectivity index (χ1n) is 13.1. The van der Waals surface area contributed by atoms with Crippen LogP contribution in [0.15, 0.2) is 18.2 Å². The molecule has 9 heteroatoms. The summed E-state index contributed by atoms with van der Waals surface area (Å²) in [5.41, 5.74) is 1.57.